The minimum absolute atomic E-state index is 0.0175. The van der Waals surface area contributed by atoms with Gasteiger partial charge in [0, 0.05) is 55.7 Å². The summed E-state index contributed by atoms with van der Waals surface area (Å²) in [5.74, 6) is 0. The molecule has 4 aromatic rings. The van der Waals surface area contributed by atoms with Gasteiger partial charge in [0.05, 0.1) is 20.9 Å². The summed E-state index contributed by atoms with van der Waals surface area (Å²) in [7, 11) is 0. The van der Waals surface area contributed by atoms with Gasteiger partial charge in [-0.15, -0.1) is 0 Å². The minimum atomic E-state index is 0.0175. The first-order valence-electron chi connectivity index (χ1n) is 9.73. The lowest BCUT2D eigenvalue weighted by molar-refractivity contribution is 0.181. The van der Waals surface area contributed by atoms with Gasteiger partial charge in [0.15, 0.2) is 5.43 Å². The molecule has 0 atom stereocenters. The molecule has 1 aliphatic rings. The molecule has 0 spiro atoms. The number of rotatable bonds is 3. The van der Waals surface area contributed by atoms with Gasteiger partial charge in [-0.1, -0.05) is 29.3 Å². The van der Waals surface area contributed by atoms with Gasteiger partial charge >= 0.3 is 0 Å². The van der Waals surface area contributed by atoms with Gasteiger partial charge < -0.3 is 9.55 Å². The van der Waals surface area contributed by atoms with Crippen LogP contribution < -0.4 is 5.43 Å². The SMILES string of the molecule is O=c1ccn(C2CCN(Cc3ccc(Cl)c(Cl)c3)CC2)c2c1cnc1[nH]ccc12. The Balaban J connectivity index is 1.40. The first-order valence-corrected chi connectivity index (χ1v) is 10.5. The molecule has 0 bridgehead atoms. The average Bonchev–Trinajstić information content (AvgIpc) is 3.21. The number of pyridine rings is 2. The maximum atomic E-state index is 12.4. The lowest BCUT2D eigenvalue weighted by Gasteiger charge is -2.34. The standard InChI is InChI=1S/C22H20Cl2N4O/c23-18-2-1-14(11-19(18)24)13-27-8-4-15(5-9-27)28-10-6-20(29)17-12-26-22-16(21(17)28)3-7-25-22/h1-3,6-7,10-12,15H,4-5,8-9,13H2,(H,25,26). The van der Waals surface area contributed by atoms with E-state index >= 15 is 0 Å². The van der Waals surface area contributed by atoms with Crippen LogP contribution in [0.2, 0.25) is 10.0 Å². The molecule has 7 heteroatoms. The average molecular weight is 427 g/mol. The van der Waals surface area contributed by atoms with Gasteiger partial charge in [-0.3, -0.25) is 9.69 Å². The second-order valence-corrected chi connectivity index (χ2v) is 8.42. The largest absolute Gasteiger partial charge is 0.346 e. The number of aromatic amines is 1. The third-order valence-corrected chi connectivity index (χ3v) is 6.55. The number of hydrogen-bond acceptors (Lipinski definition) is 3. The Hall–Kier alpha value is -2.34. The molecule has 1 fully saturated rings. The van der Waals surface area contributed by atoms with E-state index in [1.165, 1.54) is 5.56 Å². The second kappa shape index (κ2) is 7.48. The lowest BCUT2D eigenvalue weighted by atomic mass is 10.0. The van der Waals surface area contributed by atoms with E-state index < -0.39 is 0 Å². The fourth-order valence-electron chi connectivity index (χ4n) is 4.32. The van der Waals surface area contributed by atoms with Crippen LogP contribution >= 0.6 is 23.2 Å². The molecule has 5 nitrogen and oxygen atoms in total. The van der Waals surface area contributed by atoms with Crippen LogP contribution in [0.3, 0.4) is 0 Å². The molecule has 148 valence electrons. The molecule has 0 amide bonds. The summed E-state index contributed by atoms with van der Waals surface area (Å²) in [6, 6.07) is 9.84. The van der Waals surface area contributed by atoms with Crippen molar-refractivity contribution in [2.75, 3.05) is 13.1 Å². The van der Waals surface area contributed by atoms with Gasteiger partial charge in [-0.2, -0.15) is 0 Å². The summed E-state index contributed by atoms with van der Waals surface area (Å²) in [4.78, 5) is 22.4. The quantitative estimate of drug-likeness (QED) is 0.500. The van der Waals surface area contributed by atoms with Crippen LogP contribution in [0.25, 0.3) is 21.9 Å². The number of piperidine rings is 1. The summed E-state index contributed by atoms with van der Waals surface area (Å²) < 4.78 is 2.27. The van der Waals surface area contributed by atoms with E-state index in [1.54, 1.807) is 12.3 Å². The Morgan fingerprint density at radius 3 is 2.69 bits per heavy atom. The van der Waals surface area contributed by atoms with E-state index in [0.29, 0.717) is 21.5 Å². The van der Waals surface area contributed by atoms with E-state index in [9.17, 15) is 4.79 Å². The molecule has 1 N–H and O–H groups in total. The van der Waals surface area contributed by atoms with Crippen molar-refractivity contribution >= 4 is 45.1 Å². The van der Waals surface area contributed by atoms with E-state index in [0.717, 1.165) is 49.0 Å². The number of H-pyrrole nitrogens is 1. The minimum Gasteiger partial charge on any atom is -0.346 e. The molecular weight excluding hydrogens is 407 g/mol. The van der Waals surface area contributed by atoms with E-state index in [1.807, 2.05) is 36.7 Å². The zero-order valence-electron chi connectivity index (χ0n) is 15.7. The van der Waals surface area contributed by atoms with Crippen molar-refractivity contribution < 1.29 is 0 Å². The van der Waals surface area contributed by atoms with Crippen molar-refractivity contribution in [3.05, 3.63) is 74.8 Å². The predicted molar refractivity (Wildman–Crippen MR) is 118 cm³/mol. The summed E-state index contributed by atoms with van der Waals surface area (Å²) >= 11 is 12.2. The van der Waals surface area contributed by atoms with Gasteiger partial charge in [0.2, 0.25) is 0 Å². The Labute approximate surface area is 177 Å². The van der Waals surface area contributed by atoms with Crippen molar-refractivity contribution in [1.29, 1.82) is 0 Å². The normalized spacial score (nSPS) is 16.1. The molecule has 4 heterocycles. The van der Waals surface area contributed by atoms with Crippen LogP contribution in [-0.4, -0.2) is 32.5 Å². The third-order valence-electron chi connectivity index (χ3n) is 5.81. The van der Waals surface area contributed by atoms with Gasteiger partial charge in [0.1, 0.15) is 5.65 Å². The van der Waals surface area contributed by atoms with E-state index in [4.69, 9.17) is 23.2 Å². The molecule has 0 aliphatic carbocycles. The molecule has 3 aromatic heterocycles. The summed E-state index contributed by atoms with van der Waals surface area (Å²) in [5.41, 5.74) is 2.98. The van der Waals surface area contributed by atoms with Gasteiger partial charge in [-0.25, -0.2) is 4.98 Å². The molecule has 5 rings (SSSR count). The van der Waals surface area contributed by atoms with E-state index in [-0.39, 0.29) is 5.43 Å². The van der Waals surface area contributed by atoms with Crippen LogP contribution in [-0.2, 0) is 6.54 Å². The molecule has 1 aromatic carbocycles. The number of likely N-dealkylation sites (tertiary alicyclic amines) is 1. The number of benzene rings is 1. The molecular formula is C22H20Cl2N4O. The lowest BCUT2D eigenvalue weighted by Crippen LogP contribution is -2.34. The number of hydrogen-bond donors (Lipinski definition) is 1. The molecule has 29 heavy (non-hydrogen) atoms. The van der Waals surface area contributed by atoms with Crippen molar-refractivity contribution in [1.82, 2.24) is 19.4 Å². The fourth-order valence-corrected chi connectivity index (χ4v) is 4.64. The highest BCUT2D eigenvalue weighted by molar-refractivity contribution is 6.42. The summed E-state index contributed by atoms with van der Waals surface area (Å²) in [6.07, 6.45) is 7.54. The smallest absolute Gasteiger partial charge is 0.190 e. The zero-order valence-corrected chi connectivity index (χ0v) is 17.2. The molecule has 0 radical (unpaired) electrons. The Morgan fingerprint density at radius 1 is 1.07 bits per heavy atom. The topological polar surface area (TPSA) is 53.9 Å². The zero-order chi connectivity index (χ0) is 20.0. The first kappa shape index (κ1) is 18.7. The number of aromatic nitrogens is 3. The summed E-state index contributed by atoms with van der Waals surface area (Å²) in [5, 5.41) is 2.86. The van der Waals surface area contributed by atoms with Gasteiger partial charge in [-0.05, 0) is 36.6 Å². The maximum absolute atomic E-state index is 12.4. The molecule has 1 saturated heterocycles. The number of nitrogens with one attached hydrogen (secondary N) is 1. The second-order valence-electron chi connectivity index (χ2n) is 7.60. The molecule has 0 saturated carbocycles. The van der Waals surface area contributed by atoms with Crippen LogP contribution in [0.4, 0.5) is 0 Å². The Morgan fingerprint density at radius 2 is 1.90 bits per heavy atom. The fraction of sp³-hybridized carbons (Fsp3) is 0.273. The molecule has 1 aliphatic heterocycles. The van der Waals surface area contributed by atoms with Crippen molar-refractivity contribution in [3.63, 3.8) is 0 Å². The number of halogens is 2. The first-order chi connectivity index (χ1) is 14.1. The highest BCUT2D eigenvalue weighted by Crippen LogP contribution is 2.30. The third kappa shape index (κ3) is 3.44. The Kier molecular flexibility index (Phi) is 4.82. The van der Waals surface area contributed by atoms with Crippen LogP contribution in [0.1, 0.15) is 24.4 Å². The summed E-state index contributed by atoms with van der Waals surface area (Å²) in [6.45, 7) is 2.83. The maximum Gasteiger partial charge on any atom is 0.190 e. The Bertz CT molecular complexity index is 1250. The monoisotopic (exact) mass is 426 g/mol. The van der Waals surface area contributed by atoms with Crippen molar-refractivity contribution in [3.8, 4) is 0 Å². The van der Waals surface area contributed by atoms with Gasteiger partial charge in [0.25, 0.3) is 0 Å². The van der Waals surface area contributed by atoms with Crippen molar-refractivity contribution in [2.45, 2.75) is 25.4 Å². The number of nitrogens with zero attached hydrogens (tertiary/aromatic N) is 3. The van der Waals surface area contributed by atoms with Crippen LogP contribution in [0.5, 0.6) is 0 Å². The highest BCUT2D eigenvalue weighted by Gasteiger charge is 2.22. The number of fused-ring (bicyclic) bond motifs is 3. The van der Waals surface area contributed by atoms with Crippen molar-refractivity contribution in [2.24, 2.45) is 0 Å². The molecule has 0 unspecified atom stereocenters. The van der Waals surface area contributed by atoms with Crippen LogP contribution in [0, 0.1) is 0 Å². The predicted octanol–water partition coefficient (Wildman–Crippen LogP) is 5.02. The van der Waals surface area contributed by atoms with Crippen LogP contribution in [0.15, 0.2) is 53.7 Å². The highest BCUT2D eigenvalue weighted by atomic mass is 35.5. The van der Waals surface area contributed by atoms with E-state index in [2.05, 4.69) is 19.4 Å².